The highest BCUT2D eigenvalue weighted by Gasteiger charge is 2.25. The van der Waals surface area contributed by atoms with Gasteiger partial charge in [0, 0.05) is 31.0 Å². The van der Waals surface area contributed by atoms with Gasteiger partial charge in [-0.05, 0) is 46.3 Å². The molecule has 1 heterocycles. The van der Waals surface area contributed by atoms with Crippen LogP contribution in [0, 0.1) is 0 Å². The van der Waals surface area contributed by atoms with Crippen LogP contribution in [-0.4, -0.2) is 10.8 Å². The number of nitrogens with zero attached hydrogens (tertiary/aromatic N) is 1. The lowest BCUT2D eigenvalue weighted by Gasteiger charge is -2.14. The average Bonchev–Trinajstić information content (AvgIpc) is 2.91. The van der Waals surface area contributed by atoms with Crippen molar-refractivity contribution in [3.05, 3.63) is 59.3 Å². The van der Waals surface area contributed by atoms with E-state index >= 15 is 0 Å². The summed E-state index contributed by atoms with van der Waals surface area (Å²) in [6, 6.07) is 9.73. The number of hydrogen-bond acceptors (Lipinski definition) is 3. The Balaban J connectivity index is 1.88. The molecule has 7 heteroatoms. The van der Waals surface area contributed by atoms with Crippen LogP contribution >= 0.6 is 63.7 Å². The van der Waals surface area contributed by atoms with Crippen LogP contribution in [0.3, 0.4) is 0 Å². The monoisotopic (exact) mass is 550 g/mol. The molecule has 3 rings (SSSR count). The summed E-state index contributed by atoms with van der Waals surface area (Å²) in [6.07, 6.45) is 0.708. The summed E-state index contributed by atoms with van der Waals surface area (Å²) in [5, 5.41) is 14.7. The van der Waals surface area contributed by atoms with E-state index in [0.717, 1.165) is 30.3 Å². The van der Waals surface area contributed by atoms with Crippen LogP contribution in [0.2, 0.25) is 0 Å². The summed E-state index contributed by atoms with van der Waals surface area (Å²) in [6.45, 7) is 0. The third-order valence-corrected chi connectivity index (χ3v) is 5.36. The lowest BCUT2D eigenvalue weighted by molar-refractivity contribution is 0.452. The molecule has 1 atom stereocenters. The topological polar surface area (TPSA) is 44.6 Å². The number of benzene rings is 2. The molecule has 22 heavy (non-hydrogen) atoms. The van der Waals surface area contributed by atoms with Crippen LogP contribution in [-0.2, 0) is 0 Å². The Morgan fingerprint density at radius 2 is 1.59 bits per heavy atom. The van der Waals surface area contributed by atoms with Crippen LogP contribution in [0.5, 0.6) is 5.75 Å². The maximum Gasteiger partial charge on any atom is 0.135 e. The van der Waals surface area contributed by atoms with Crippen LogP contribution < -0.4 is 5.43 Å². The lowest BCUT2D eigenvalue weighted by atomic mass is 9.98. The number of phenolic OH excluding ortho intramolecular Hbond substituents is 1. The first kappa shape index (κ1) is 16.5. The second-order valence-electron chi connectivity index (χ2n) is 4.93. The van der Waals surface area contributed by atoms with Crippen LogP contribution in [0.1, 0.15) is 23.6 Å². The highest BCUT2D eigenvalue weighted by atomic mass is 79.9. The summed E-state index contributed by atoms with van der Waals surface area (Å²) in [7, 11) is 0. The van der Waals surface area contributed by atoms with Crippen molar-refractivity contribution in [2.75, 3.05) is 0 Å². The fourth-order valence-electron chi connectivity index (χ4n) is 2.37. The van der Waals surface area contributed by atoms with Crippen molar-refractivity contribution in [2.45, 2.75) is 12.5 Å². The van der Waals surface area contributed by atoms with Gasteiger partial charge in [0.05, 0.1) is 16.2 Å². The first-order valence-corrected chi connectivity index (χ1v) is 9.57. The Hall–Kier alpha value is -0.370. The van der Waals surface area contributed by atoms with Crippen molar-refractivity contribution in [3.8, 4) is 5.75 Å². The Morgan fingerprint density at radius 3 is 2.27 bits per heavy atom. The van der Waals surface area contributed by atoms with E-state index in [1.165, 1.54) is 0 Å². The highest BCUT2D eigenvalue weighted by Crippen LogP contribution is 2.38. The molecule has 3 nitrogen and oxygen atoms in total. The van der Waals surface area contributed by atoms with E-state index in [0.29, 0.717) is 10.9 Å². The summed E-state index contributed by atoms with van der Waals surface area (Å²) in [5.41, 5.74) is 5.93. The number of phenols is 1. The second-order valence-corrected chi connectivity index (χ2v) is 8.53. The molecule has 0 spiro atoms. The Labute approximate surface area is 161 Å². The Morgan fingerprint density at radius 1 is 0.955 bits per heavy atom. The van der Waals surface area contributed by atoms with Crippen molar-refractivity contribution in [3.63, 3.8) is 0 Å². The summed E-state index contributed by atoms with van der Waals surface area (Å²) in [5.74, 6) is 0.243. The van der Waals surface area contributed by atoms with Gasteiger partial charge < -0.3 is 10.5 Å². The molecule has 0 aromatic heterocycles. The normalized spacial score (nSPS) is 17.3. The maximum atomic E-state index is 10.3. The number of nitrogens with one attached hydrogen (secondary N) is 1. The quantitative estimate of drug-likeness (QED) is 0.488. The van der Waals surface area contributed by atoms with E-state index in [1.54, 1.807) is 0 Å². The summed E-state index contributed by atoms with van der Waals surface area (Å²) in [4.78, 5) is 0. The van der Waals surface area contributed by atoms with Gasteiger partial charge in [-0.2, -0.15) is 5.10 Å². The van der Waals surface area contributed by atoms with E-state index in [1.807, 2.05) is 30.3 Å². The van der Waals surface area contributed by atoms with Crippen molar-refractivity contribution in [1.82, 2.24) is 5.43 Å². The smallest absolute Gasteiger partial charge is 0.135 e. The third-order valence-electron chi connectivity index (χ3n) is 3.38. The predicted octanol–water partition coefficient (Wildman–Crippen LogP) is 5.88. The molecule has 2 aromatic rings. The first-order chi connectivity index (χ1) is 10.4. The van der Waals surface area contributed by atoms with Crippen LogP contribution in [0.4, 0.5) is 0 Å². The molecule has 0 saturated carbocycles. The molecular formula is C15H10Br4N2O. The van der Waals surface area contributed by atoms with E-state index in [9.17, 15) is 5.11 Å². The van der Waals surface area contributed by atoms with Gasteiger partial charge in [0.25, 0.3) is 0 Å². The highest BCUT2D eigenvalue weighted by molar-refractivity contribution is 9.11. The minimum absolute atomic E-state index is 0.0541. The molecule has 0 aliphatic carbocycles. The SMILES string of the molecule is Oc1c(Br)cc(Br)cc1C1CC(c2cc(Br)cc(Br)c2)=NN1. The second kappa shape index (κ2) is 6.63. The molecule has 1 aliphatic heterocycles. The van der Waals surface area contributed by atoms with E-state index in [4.69, 9.17) is 0 Å². The minimum atomic E-state index is -0.0541. The summed E-state index contributed by atoms with van der Waals surface area (Å²) >= 11 is 13.8. The van der Waals surface area contributed by atoms with Crippen molar-refractivity contribution in [1.29, 1.82) is 0 Å². The molecule has 0 fully saturated rings. The van der Waals surface area contributed by atoms with Gasteiger partial charge in [0.2, 0.25) is 0 Å². The summed E-state index contributed by atoms with van der Waals surface area (Å²) < 4.78 is 3.57. The van der Waals surface area contributed by atoms with Gasteiger partial charge in [-0.1, -0.05) is 47.8 Å². The van der Waals surface area contributed by atoms with E-state index < -0.39 is 0 Å². The molecule has 0 bridgehead atoms. The van der Waals surface area contributed by atoms with Gasteiger partial charge in [-0.3, -0.25) is 0 Å². The molecule has 114 valence electrons. The molecule has 2 N–H and O–H groups in total. The number of hydrogen-bond donors (Lipinski definition) is 2. The van der Waals surface area contributed by atoms with Gasteiger partial charge in [-0.15, -0.1) is 0 Å². The van der Waals surface area contributed by atoms with Crippen LogP contribution in [0.25, 0.3) is 0 Å². The largest absolute Gasteiger partial charge is 0.506 e. The number of aromatic hydroxyl groups is 1. The fraction of sp³-hybridized carbons (Fsp3) is 0.133. The van der Waals surface area contributed by atoms with E-state index in [-0.39, 0.29) is 11.8 Å². The zero-order chi connectivity index (χ0) is 15.9. The molecule has 1 aliphatic rings. The Bertz CT molecular complexity index is 756. The van der Waals surface area contributed by atoms with Crippen molar-refractivity contribution < 1.29 is 5.11 Å². The molecule has 0 radical (unpaired) electrons. The fourth-order valence-corrected chi connectivity index (χ4v) is 4.93. The van der Waals surface area contributed by atoms with Gasteiger partial charge >= 0.3 is 0 Å². The number of hydrazone groups is 1. The van der Waals surface area contributed by atoms with E-state index in [2.05, 4.69) is 74.2 Å². The van der Waals surface area contributed by atoms with Crippen molar-refractivity contribution in [2.24, 2.45) is 5.10 Å². The zero-order valence-electron chi connectivity index (χ0n) is 11.1. The Kier molecular flexibility index (Phi) is 4.97. The van der Waals surface area contributed by atoms with Crippen LogP contribution in [0.15, 0.2) is 53.3 Å². The molecule has 0 amide bonds. The number of halogens is 4. The van der Waals surface area contributed by atoms with Crippen molar-refractivity contribution >= 4 is 69.4 Å². The predicted molar refractivity (Wildman–Crippen MR) is 102 cm³/mol. The molecule has 2 aromatic carbocycles. The number of rotatable bonds is 2. The van der Waals surface area contributed by atoms with Gasteiger partial charge in [0.15, 0.2) is 0 Å². The lowest BCUT2D eigenvalue weighted by Crippen LogP contribution is -2.10. The first-order valence-electron chi connectivity index (χ1n) is 6.40. The average molecular weight is 554 g/mol. The van der Waals surface area contributed by atoms with Gasteiger partial charge in [-0.25, -0.2) is 0 Å². The van der Waals surface area contributed by atoms with Gasteiger partial charge in [0.1, 0.15) is 5.75 Å². The standard InChI is InChI=1S/C15H10Br4N2O/c16-8-1-7(2-9(17)3-8)13-6-14(21-20-13)11-4-10(18)5-12(19)15(11)22/h1-5,14,21-22H,6H2. The molecular weight excluding hydrogens is 544 g/mol. The molecule has 0 saturated heterocycles. The zero-order valence-corrected chi connectivity index (χ0v) is 17.4. The third kappa shape index (κ3) is 3.42. The maximum absolute atomic E-state index is 10.3. The molecule has 1 unspecified atom stereocenters. The minimum Gasteiger partial charge on any atom is -0.506 e.